The minimum Gasteiger partial charge on any atom is -0.336 e. The van der Waals surface area contributed by atoms with Gasteiger partial charge in [0.15, 0.2) is 0 Å². The van der Waals surface area contributed by atoms with Crippen LogP contribution in [0.3, 0.4) is 0 Å². The Morgan fingerprint density at radius 3 is 2.55 bits per heavy atom. The largest absolute Gasteiger partial charge is 0.336 e. The molecular formula is C19H15FN4O4S. The summed E-state index contributed by atoms with van der Waals surface area (Å²) < 4.78 is 44.0. The van der Waals surface area contributed by atoms with E-state index >= 15 is 0 Å². The number of nitrogens with zero attached hydrogens (tertiary/aromatic N) is 2. The molecule has 3 aromatic rings. The van der Waals surface area contributed by atoms with Crippen molar-refractivity contribution in [2.45, 2.75) is 10.9 Å². The van der Waals surface area contributed by atoms with Crippen LogP contribution in [0.4, 0.5) is 4.39 Å². The maximum absolute atomic E-state index is 13.8. The van der Waals surface area contributed by atoms with Crippen molar-refractivity contribution in [1.29, 1.82) is 0 Å². The van der Waals surface area contributed by atoms with Crippen LogP contribution in [0, 0.1) is 5.82 Å². The molecule has 0 bridgehead atoms. The van der Waals surface area contributed by atoms with E-state index in [-0.39, 0.29) is 16.0 Å². The summed E-state index contributed by atoms with van der Waals surface area (Å²) in [6.45, 7) is 0. The Morgan fingerprint density at radius 2 is 1.86 bits per heavy atom. The highest BCUT2D eigenvalue weighted by Gasteiger charge is 2.31. The second-order valence-corrected chi connectivity index (χ2v) is 8.21. The van der Waals surface area contributed by atoms with Crippen molar-refractivity contribution in [2.75, 3.05) is 0 Å². The number of amides is 2. The van der Waals surface area contributed by atoms with E-state index in [1.54, 1.807) is 23.9 Å². The molecule has 1 aliphatic heterocycles. The lowest BCUT2D eigenvalue weighted by atomic mass is 10.1. The van der Waals surface area contributed by atoms with Gasteiger partial charge in [-0.15, -0.1) is 0 Å². The van der Waals surface area contributed by atoms with Gasteiger partial charge in [-0.05, 0) is 35.9 Å². The molecule has 0 spiro atoms. The molecule has 2 aromatic carbocycles. The van der Waals surface area contributed by atoms with Crippen LogP contribution in [-0.2, 0) is 17.1 Å². The van der Waals surface area contributed by atoms with Gasteiger partial charge in [-0.3, -0.25) is 14.9 Å². The molecule has 1 aromatic heterocycles. The smallest absolute Gasteiger partial charge is 0.258 e. The van der Waals surface area contributed by atoms with E-state index in [0.717, 1.165) is 6.07 Å². The minimum atomic E-state index is -4.14. The Balaban J connectivity index is 1.76. The van der Waals surface area contributed by atoms with Crippen LogP contribution in [0.15, 0.2) is 59.8 Å². The third kappa shape index (κ3) is 3.43. The van der Waals surface area contributed by atoms with Gasteiger partial charge < -0.3 is 4.57 Å². The van der Waals surface area contributed by atoms with E-state index in [1.165, 1.54) is 36.5 Å². The van der Waals surface area contributed by atoms with Gasteiger partial charge in [-0.2, -0.15) is 4.72 Å². The molecule has 0 fully saturated rings. The lowest BCUT2D eigenvalue weighted by molar-refractivity contribution is 0.0879. The van der Waals surface area contributed by atoms with Crippen LogP contribution < -0.4 is 10.0 Å². The van der Waals surface area contributed by atoms with Crippen molar-refractivity contribution in [2.24, 2.45) is 7.05 Å². The van der Waals surface area contributed by atoms with Crippen LogP contribution in [0.5, 0.6) is 0 Å². The van der Waals surface area contributed by atoms with Gasteiger partial charge in [0, 0.05) is 19.4 Å². The number of benzene rings is 2. The van der Waals surface area contributed by atoms with Gasteiger partial charge in [0.2, 0.25) is 10.0 Å². The predicted molar refractivity (Wildman–Crippen MR) is 100 cm³/mol. The lowest BCUT2D eigenvalue weighted by Gasteiger charge is -2.19. The molecule has 1 aliphatic rings. The second-order valence-electron chi connectivity index (χ2n) is 6.50. The summed E-state index contributed by atoms with van der Waals surface area (Å²) in [5.41, 5.74) is 0.453. The molecule has 0 radical (unpaired) electrons. The molecule has 29 heavy (non-hydrogen) atoms. The van der Waals surface area contributed by atoms with Crippen molar-refractivity contribution in [3.05, 3.63) is 83.2 Å². The molecule has 2 amide bonds. The standard InChI is InChI=1S/C19H15FN4O4S/c1-24-8-7-21-17(24)16(11-3-2-4-12(20)9-11)23-29(27,28)13-5-6-14-15(10-13)19(26)22-18(14)25/h2-10,16,23H,1H3,(H,22,25,26). The normalized spacial score (nSPS) is 14.6. The Morgan fingerprint density at radius 1 is 1.10 bits per heavy atom. The van der Waals surface area contributed by atoms with Crippen LogP contribution in [0.25, 0.3) is 0 Å². The fourth-order valence-corrected chi connectivity index (χ4v) is 4.36. The molecule has 10 heteroatoms. The van der Waals surface area contributed by atoms with Crippen molar-refractivity contribution >= 4 is 21.8 Å². The summed E-state index contributed by atoms with van der Waals surface area (Å²) in [6.07, 6.45) is 3.14. The fourth-order valence-electron chi connectivity index (χ4n) is 3.15. The summed E-state index contributed by atoms with van der Waals surface area (Å²) in [5, 5.41) is 2.12. The zero-order valence-electron chi connectivity index (χ0n) is 15.1. The van der Waals surface area contributed by atoms with Gasteiger partial charge in [0.1, 0.15) is 17.7 Å². The molecular weight excluding hydrogens is 399 g/mol. The monoisotopic (exact) mass is 414 g/mol. The van der Waals surface area contributed by atoms with E-state index in [0.29, 0.717) is 11.4 Å². The number of nitrogens with one attached hydrogen (secondary N) is 2. The molecule has 0 saturated heterocycles. The summed E-state index contributed by atoms with van der Waals surface area (Å²) >= 11 is 0. The number of imide groups is 1. The van der Waals surface area contributed by atoms with Gasteiger partial charge in [0.25, 0.3) is 11.8 Å². The van der Waals surface area contributed by atoms with Crippen molar-refractivity contribution in [1.82, 2.24) is 19.6 Å². The van der Waals surface area contributed by atoms with Crippen molar-refractivity contribution < 1.29 is 22.4 Å². The molecule has 1 atom stereocenters. The van der Waals surface area contributed by atoms with E-state index in [2.05, 4.69) is 15.0 Å². The topological polar surface area (TPSA) is 110 Å². The minimum absolute atomic E-state index is 0.0165. The highest BCUT2D eigenvalue weighted by Crippen LogP contribution is 2.26. The Kier molecular flexibility index (Phi) is 4.52. The van der Waals surface area contributed by atoms with Crippen LogP contribution >= 0.6 is 0 Å². The molecule has 0 aliphatic carbocycles. The zero-order valence-corrected chi connectivity index (χ0v) is 15.9. The number of fused-ring (bicyclic) bond motifs is 1. The number of aryl methyl sites for hydroxylation is 1. The lowest BCUT2D eigenvalue weighted by Crippen LogP contribution is -2.31. The average Bonchev–Trinajstić information content (AvgIpc) is 3.22. The molecule has 1 unspecified atom stereocenters. The van der Waals surface area contributed by atoms with Gasteiger partial charge in [0.05, 0.1) is 16.0 Å². The predicted octanol–water partition coefficient (Wildman–Crippen LogP) is 1.51. The second kappa shape index (κ2) is 6.90. The first-order valence-corrected chi connectivity index (χ1v) is 9.99. The first-order valence-electron chi connectivity index (χ1n) is 8.51. The number of carbonyl (C=O) groups is 2. The average molecular weight is 414 g/mol. The molecule has 148 valence electrons. The number of imidazole rings is 1. The molecule has 8 nitrogen and oxygen atoms in total. The highest BCUT2D eigenvalue weighted by molar-refractivity contribution is 7.89. The molecule has 2 N–H and O–H groups in total. The SMILES string of the molecule is Cn1ccnc1C(NS(=O)(=O)c1ccc2c(c1)C(=O)NC2=O)c1cccc(F)c1. The molecule has 4 rings (SSSR count). The van der Waals surface area contributed by atoms with Gasteiger partial charge >= 0.3 is 0 Å². The number of halogens is 1. The Labute approximate surface area is 165 Å². The summed E-state index contributed by atoms with van der Waals surface area (Å²) in [7, 11) is -2.45. The summed E-state index contributed by atoms with van der Waals surface area (Å²) in [5.74, 6) is -1.40. The van der Waals surface area contributed by atoms with Crippen LogP contribution in [0.1, 0.15) is 38.1 Å². The third-order valence-corrected chi connectivity index (χ3v) is 6.01. The van der Waals surface area contributed by atoms with E-state index in [4.69, 9.17) is 0 Å². The maximum atomic E-state index is 13.8. The first kappa shape index (κ1) is 19.0. The van der Waals surface area contributed by atoms with Gasteiger partial charge in [-0.25, -0.2) is 17.8 Å². The number of carbonyl (C=O) groups excluding carboxylic acids is 2. The number of aromatic nitrogens is 2. The molecule has 2 heterocycles. The number of rotatable bonds is 5. The Hall–Kier alpha value is -3.37. The van der Waals surface area contributed by atoms with E-state index in [1.807, 2.05) is 0 Å². The van der Waals surface area contributed by atoms with Crippen molar-refractivity contribution in [3.8, 4) is 0 Å². The highest BCUT2D eigenvalue weighted by atomic mass is 32.2. The summed E-state index contributed by atoms with van der Waals surface area (Å²) in [6, 6.07) is 8.21. The maximum Gasteiger partial charge on any atom is 0.258 e. The molecule has 0 saturated carbocycles. The number of sulfonamides is 1. The number of hydrogen-bond acceptors (Lipinski definition) is 5. The fraction of sp³-hybridized carbons (Fsp3) is 0.105. The first-order chi connectivity index (χ1) is 13.8. The third-order valence-electron chi connectivity index (χ3n) is 4.59. The summed E-state index contributed by atoms with van der Waals surface area (Å²) in [4.78, 5) is 27.5. The quantitative estimate of drug-likeness (QED) is 0.615. The Bertz CT molecular complexity index is 1250. The van der Waals surface area contributed by atoms with Crippen molar-refractivity contribution in [3.63, 3.8) is 0 Å². The van der Waals surface area contributed by atoms with Crippen LogP contribution in [0.2, 0.25) is 0 Å². The van der Waals surface area contributed by atoms with Gasteiger partial charge in [-0.1, -0.05) is 12.1 Å². The number of hydrogen-bond donors (Lipinski definition) is 2. The van der Waals surface area contributed by atoms with E-state index < -0.39 is 33.7 Å². The zero-order chi connectivity index (χ0) is 20.8. The van der Waals surface area contributed by atoms with Crippen LogP contribution in [-0.4, -0.2) is 29.8 Å². The van der Waals surface area contributed by atoms with E-state index in [9.17, 15) is 22.4 Å².